The third kappa shape index (κ3) is 1.72. The number of aromatic nitrogens is 2. The SMILES string of the molecule is O=C(O)c1nc(C2CCNC2)n2c1CCCC2O. The molecule has 6 heteroatoms. The van der Waals surface area contributed by atoms with Gasteiger partial charge in [0.15, 0.2) is 5.69 Å². The lowest BCUT2D eigenvalue weighted by Crippen LogP contribution is -2.22. The average Bonchev–Trinajstić information content (AvgIpc) is 2.95. The van der Waals surface area contributed by atoms with E-state index < -0.39 is 12.2 Å². The molecule has 1 aromatic heterocycles. The molecule has 0 bridgehead atoms. The van der Waals surface area contributed by atoms with Gasteiger partial charge in [-0.25, -0.2) is 9.78 Å². The second kappa shape index (κ2) is 4.37. The number of aliphatic hydroxyl groups is 1. The summed E-state index contributed by atoms with van der Waals surface area (Å²) in [6, 6.07) is 0. The van der Waals surface area contributed by atoms with Gasteiger partial charge in [-0.2, -0.15) is 0 Å². The lowest BCUT2D eigenvalue weighted by Gasteiger charge is -2.24. The molecule has 0 amide bonds. The minimum absolute atomic E-state index is 0.121. The molecule has 2 aliphatic rings. The van der Waals surface area contributed by atoms with Crippen LogP contribution >= 0.6 is 0 Å². The van der Waals surface area contributed by atoms with Crippen molar-refractivity contribution in [2.75, 3.05) is 13.1 Å². The van der Waals surface area contributed by atoms with Crippen LogP contribution in [0.5, 0.6) is 0 Å². The minimum Gasteiger partial charge on any atom is -0.476 e. The number of aromatic carboxylic acids is 1. The number of imidazole rings is 1. The molecule has 98 valence electrons. The van der Waals surface area contributed by atoms with Crippen LogP contribution in [0.3, 0.4) is 0 Å². The molecule has 2 atom stereocenters. The predicted octanol–water partition coefficient (Wildman–Crippen LogP) is 0.485. The maximum absolute atomic E-state index is 11.2. The quantitative estimate of drug-likeness (QED) is 0.712. The van der Waals surface area contributed by atoms with Crippen molar-refractivity contribution in [3.8, 4) is 0 Å². The highest BCUT2D eigenvalue weighted by Crippen LogP contribution is 2.32. The van der Waals surface area contributed by atoms with Crippen molar-refractivity contribution < 1.29 is 15.0 Å². The maximum atomic E-state index is 11.2. The van der Waals surface area contributed by atoms with Gasteiger partial charge in [0.1, 0.15) is 12.1 Å². The molecular formula is C12H17N3O3. The third-order valence-corrected chi connectivity index (χ3v) is 3.84. The molecule has 1 aromatic rings. The molecule has 18 heavy (non-hydrogen) atoms. The second-order valence-electron chi connectivity index (χ2n) is 5.00. The van der Waals surface area contributed by atoms with Gasteiger partial charge in [0.25, 0.3) is 0 Å². The lowest BCUT2D eigenvalue weighted by molar-refractivity contribution is 0.0674. The van der Waals surface area contributed by atoms with E-state index in [0.717, 1.165) is 31.8 Å². The van der Waals surface area contributed by atoms with Gasteiger partial charge in [-0.1, -0.05) is 0 Å². The fraction of sp³-hybridized carbons (Fsp3) is 0.667. The molecule has 1 saturated heterocycles. The Kier molecular flexibility index (Phi) is 2.83. The second-order valence-corrected chi connectivity index (χ2v) is 5.00. The molecule has 0 spiro atoms. The third-order valence-electron chi connectivity index (χ3n) is 3.84. The normalized spacial score (nSPS) is 27.2. The summed E-state index contributed by atoms with van der Waals surface area (Å²) < 4.78 is 1.75. The molecule has 1 fully saturated rings. The fourth-order valence-corrected chi connectivity index (χ4v) is 2.97. The van der Waals surface area contributed by atoms with Crippen molar-refractivity contribution in [3.05, 3.63) is 17.2 Å². The smallest absolute Gasteiger partial charge is 0.356 e. The van der Waals surface area contributed by atoms with E-state index in [1.165, 1.54) is 0 Å². The molecule has 3 N–H and O–H groups in total. The summed E-state index contributed by atoms with van der Waals surface area (Å²) >= 11 is 0. The zero-order valence-corrected chi connectivity index (χ0v) is 10.1. The van der Waals surface area contributed by atoms with Crippen molar-refractivity contribution in [3.63, 3.8) is 0 Å². The van der Waals surface area contributed by atoms with Gasteiger partial charge in [0, 0.05) is 12.5 Å². The highest BCUT2D eigenvalue weighted by atomic mass is 16.4. The van der Waals surface area contributed by atoms with Gasteiger partial charge < -0.3 is 20.1 Å². The van der Waals surface area contributed by atoms with Crippen LogP contribution in [0.25, 0.3) is 0 Å². The molecule has 2 unspecified atom stereocenters. The van der Waals surface area contributed by atoms with Crippen LogP contribution in [0.1, 0.15) is 53.4 Å². The van der Waals surface area contributed by atoms with E-state index in [-0.39, 0.29) is 11.6 Å². The number of aliphatic hydroxyl groups excluding tert-OH is 1. The van der Waals surface area contributed by atoms with Crippen molar-refractivity contribution in [2.45, 2.75) is 37.8 Å². The largest absolute Gasteiger partial charge is 0.476 e. The van der Waals surface area contributed by atoms with Gasteiger partial charge in [-0.05, 0) is 32.2 Å². The summed E-state index contributed by atoms with van der Waals surface area (Å²) in [7, 11) is 0. The van der Waals surface area contributed by atoms with Crippen LogP contribution in [0.2, 0.25) is 0 Å². The van der Waals surface area contributed by atoms with Gasteiger partial charge >= 0.3 is 5.97 Å². The Labute approximate surface area is 105 Å². The molecule has 0 saturated carbocycles. The van der Waals surface area contributed by atoms with E-state index in [9.17, 15) is 15.0 Å². The number of carboxylic acids is 1. The van der Waals surface area contributed by atoms with Gasteiger partial charge in [0.05, 0.1) is 5.69 Å². The Morgan fingerprint density at radius 2 is 2.28 bits per heavy atom. The van der Waals surface area contributed by atoms with E-state index in [0.29, 0.717) is 18.5 Å². The van der Waals surface area contributed by atoms with Gasteiger partial charge in [-0.15, -0.1) is 0 Å². The molecule has 0 radical (unpaired) electrons. The summed E-state index contributed by atoms with van der Waals surface area (Å²) in [4.78, 5) is 15.5. The van der Waals surface area contributed by atoms with E-state index in [4.69, 9.17) is 0 Å². The van der Waals surface area contributed by atoms with Crippen molar-refractivity contribution >= 4 is 5.97 Å². The van der Waals surface area contributed by atoms with E-state index in [1.54, 1.807) is 4.57 Å². The van der Waals surface area contributed by atoms with E-state index >= 15 is 0 Å². The first-order valence-electron chi connectivity index (χ1n) is 6.41. The summed E-state index contributed by atoms with van der Waals surface area (Å²) in [6.45, 7) is 1.73. The summed E-state index contributed by atoms with van der Waals surface area (Å²) in [5, 5.41) is 22.6. The first-order chi connectivity index (χ1) is 8.68. The topological polar surface area (TPSA) is 87.4 Å². The van der Waals surface area contributed by atoms with Gasteiger partial charge in [0.2, 0.25) is 0 Å². The van der Waals surface area contributed by atoms with Crippen molar-refractivity contribution in [1.82, 2.24) is 14.9 Å². The molecule has 6 nitrogen and oxygen atoms in total. The number of nitrogens with one attached hydrogen (secondary N) is 1. The van der Waals surface area contributed by atoms with E-state index in [2.05, 4.69) is 10.3 Å². The predicted molar refractivity (Wildman–Crippen MR) is 63.6 cm³/mol. The monoisotopic (exact) mass is 251 g/mol. The number of carbonyl (C=O) groups is 1. The average molecular weight is 251 g/mol. The Hall–Kier alpha value is -1.40. The Morgan fingerprint density at radius 3 is 2.94 bits per heavy atom. The highest BCUT2D eigenvalue weighted by molar-refractivity contribution is 5.87. The van der Waals surface area contributed by atoms with Crippen LogP contribution in [-0.4, -0.2) is 38.8 Å². The fourth-order valence-electron chi connectivity index (χ4n) is 2.97. The van der Waals surface area contributed by atoms with E-state index in [1.807, 2.05) is 0 Å². The maximum Gasteiger partial charge on any atom is 0.356 e. The zero-order valence-electron chi connectivity index (χ0n) is 10.1. The van der Waals surface area contributed by atoms with Gasteiger partial charge in [-0.3, -0.25) is 0 Å². The first kappa shape index (κ1) is 11.7. The molecule has 0 aromatic carbocycles. The van der Waals surface area contributed by atoms with Crippen LogP contribution in [0.15, 0.2) is 0 Å². The molecular weight excluding hydrogens is 234 g/mol. The number of rotatable bonds is 2. The van der Waals surface area contributed by atoms with Crippen LogP contribution in [-0.2, 0) is 6.42 Å². The Balaban J connectivity index is 2.10. The molecule has 2 aliphatic heterocycles. The van der Waals surface area contributed by atoms with Crippen molar-refractivity contribution in [2.24, 2.45) is 0 Å². The number of fused-ring (bicyclic) bond motifs is 1. The molecule has 0 aliphatic carbocycles. The molecule has 3 heterocycles. The summed E-state index contributed by atoms with van der Waals surface area (Å²) in [5.41, 5.74) is 0.804. The molecule has 3 rings (SSSR count). The summed E-state index contributed by atoms with van der Waals surface area (Å²) in [6.07, 6.45) is 2.50. The van der Waals surface area contributed by atoms with Crippen LogP contribution in [0, 0.1) is 0 Å². The number of hydrogen-bond donors (Lipinski definition) is 3. The number of carboxylic acid groups (broad SMARTS) is 1. The lowest BCUT2D eigenvalue weighted by atomic mass is 10.0. The van der Waals surface area contributed by atoms with Crippen LogP contribution in [0.4, 0.5) is 0 Å². The Bertz CT molecular complexity index is 477. The standard InChI is InChI=1S/C12H17N3O3/c16-9-3-1-2-8-10(12(17)18)14-11(15(8)9)7-4-5-13-6-7/h7,9,13,16H,1-6H2,(H,17,18). The minimum atomic E-state index is -0.995. The Morgan fingerprint density at radius 1 is 1.44 bits per heavy atom. The summed E-state index contributed by atoms with van der Waals surface area (Å²) in [5.74, 6) is -0.0470. The zero-order chi connectivity index (χ0) is 12.7. The van der Waals surface area contributed by atoms with Crippen LogP contribution < -0.4 is 5.32 Å². The highest BCUT2D eigenvalue weighted by Gasteiger charge is 2.32. The first-order valence-corrected chi connectivity index (χ1v) is 6.41. The number of nitrogens with zero attached hydrogens (tertiary/aromatic N) is 2. The number of hydrogen-bond acceptors (Lipinski definition) is 4. The van der Waals surface area contributed by atoms with Crippen molar-refractivity contribution in [1.29, 1.82) is 0 Å².